The highest BCUT2D eigenvalue weighted by molar-refractivity contribution is 7.99. The van der Waals surface area contributed by atoms with Gasteiger partial charge in [0.25, 0.3) is 0 Å². The number of nitrogens with two attached hydrogens (primary N) is 1. The lowest BCUT2D eigenvalue weighted by molar-refractivity contribution is -0.207. The second-order valence-corrected chi connectivity index (χ2v) is 38.8. The molecule has 4 amide bonds. The first-order chi connectivity index (χ1) is 57.4. The summed E-state index contributed by atoms with van der Waals surface area (Å²) in [7, 11) is 7.77. The van der Waals surface area contributed by atoms with Gasteiger partial charge in [-0.25, -0.2) is 4.39 Å². The van der Waals surface area contributed by atoms with Crippen molar-refractivity contribution in [2.75, 3.05) is 79.4 Å². The summed E-state index contributed by atoms with van der Waals surface area (Å²) in [6.45, 7) is 19.7. The Labute approximate surface area is 731 Å². The van der Waals surface area contributed by atoms with Crippen molar-refractivity contribution in [1.29, 1.82) is 0 Å². The number of nitrogens with zero attached hydrogens (tertiary/aromatic N) is 7. The van der Waals surface area contributed by atoms with Gasteiger partial charge in [0, 0.05) is 61.8 Å². The van der Waals surface area contributed by atoms with Crippen LogP contribution in [0.1, 0.15) is 151 Å². The summed E-state index contributed by atoms with van der Waals surface area (Å²) in [6, 6.07) is 1.00. The van der Waals surface area contributed by atoms with Crippen LogP contribution in [0.4, 0.5) is 4.39 Å². The van der Waals surface area contributed by atoms with E-state index in [0.717, 1.165) is 122 Å². The minimum atomic E-state index is -1.44. The molecule has 696 valence electrons. The van der Waals surface area contributed by atoms with Gasteiger partial charge in [-0.2, -0.15) is 0 Å². The lowest BCUT2D eigenvalue weighted by atomic mass is 9.90. The van der Waals surface area contributed by atoms with Gasteiger partial charge >= 0.3 is 0 Å². The average molecular weight is 1800 g/mol. The molecule has 20 N–H and O–H groups in total. The minimum Gasteiger partial charge on any atom is -0.388 e. The maximum absolute atomic E-state index is 13.4. The number of hydrogen-bond donors (Lipinski definition) is 19. The summed E-state index contributed by atoms with van der Waals surface area (Å²) in [4.78, 5) is 63.6. The van der Waals surface area contributed by atoms with Crippen molar-refractivity contribution >= 4 is 70.7 Å². The number of halogens is 1. The fourth-order valence-corrected chi connectivity index (χ4v) is 21.2. The summed E-state index contributed by atoms with van der Waals surface area (Å²) in [5.74, 6) is 1.02. The fraction of sp³-hybridized carbons (Fsp3) is 0.878. The summed E-state index contributed by atoms with van der Waals surface area (Å²) in [5.41, 5.74) is 12.9. The zero-order chi connectivity index (χ0) is 89.7. The van der Waals surface area contributed by atoms with Gasteiger partial charge in [-0.15, -0.1) is 47.0 Å². The largest absolute Gasteiger partial charge is 0.388 e. The SMILES string of the molecule is CCC[C@@H]1C[C@@H](C(=O)N[C@H]([C@H](C)N)[C@H]2OC(SC)[C@H](O)[C@H](O)C2O)N(C)C1.CCC[C@@H]1C[C@@H](C(=O)N[C@H]([C@H](C)N=[N+]=[N-])[C@H]2OC(SC)[C@H](O)[C@H](O)C2O)N(C)C1.CCC[C@@H]1C[C@@H](C(=O)N[C@H]([C@H](C)NC2CC2)[C@H]2OC(SC)[C@H](O)[C@H](O)C2O)N(C)C1.CCC[C@@H]1C[C@@H](C(=O)N[C@H]([C@H](C)NCc2ccc(F)cc2)[C@H]2OC(SC)[C@H](O)[C@H](O)C2O)N(C)C1. The molecular formula is C82H147FN14O20S4. The summed E-state index contributed by atoms with van der Waals surface area (Å²) in [5, 5.41) is 147. The molecule has 8 heterocycles. The van der Waals surface area contributed by atoms with Crippen LogP contribution in [-0.2, 0) is 44.7 Å². The Hall–Kier alpha value is -3.18. The molecule has 1 aromatic rings. The van der Waals surface area contributed by atoms with E-state index in [2.05, 4.69) is 84.3 Å². The van der Waals surface area contributed by atoms with Crippen LogP contribution >= 0.6 is 47.0 Å². The van der Waals surface area contributed by atoms with E-state index in [0.29, 0.717) is 36.3 Å². The molecular weight excluding hydrogens is 1650 g/mol. The molecule has 36 atom stereocenters. The number of amides is 4. The molecule has 10 rings (SSSR count). The number of carbonyl (C=O) groups is 4. The number of ether oxygens (including phenoxy) is 4. The first-order valence-corrected chi connectivity index (χ1v) is 48.5. The van der Waals surface area contributed by atoms with Gasteiger partial charge in [0.05, 0.1) is 54.4 Å². The molecule has 8 unspecified atom stereocenters. The quantitative estimate of drug-likeness (QED) is 0.0254. The standard InChI is InChI=1S/C25H40FN3O5S.C21H39N3O5S.C18H33N5O5S.C18H35N3O5S/c1-5-6-16-11-18(29(3)13-16)24(33)28-19(14(2)27-12-15-7-9-17(26)10-8-15)23-21(31)20(30)22(32)25(34-23)35-4;1-5-6-12-9-14(24(3)10-12)20(28)23-15(11(2)22-13-7-8-13)19-17(26)16(25)18(27)21(29-19)30-4;1-5-6-10-7-11(23(3)8-10)17(27)20-12(9(2)21-22-19)16-14(25)13(24)15(26)18(28-16)29-4;1-5-6-10-7-11(21(3)8-10)17(25)20-12(9(2)19)16-14(23)13(22)15(24)18(26-16)27-4/h7-10,14,16,18-23,25,27,30-32H,5-6,11-13H2,1-4H3,(H,28,33);11-19,21-22,25-27H,5-10H2,1-4H3,(H,23,28);9-16,18,24-26H,5-8H2,1-4H3,(H,20,27);9-16,18,22-24H,5-8,19H2,1-4H3,(H,20,25)/t14-,16+,18-,19+,20+,21?,22+,23+,25?;11-,12+,14-,15+,16+,17?,18+,19+,21?;2*9-,10+,11-,12+,13+,14?,15+,16+,18?/m0000/s1. The van der Waals surface area contributed by atoms with Crippen molar-refractivity contribution in [2.45, 2.75) is 350 Å². The topological polar surface area (TPSA) is 508 Å². The molecule has 0 bridgehead atoms. The molecule has 1 aromatic carbocycles. The molecule has 9 fully saturated rings. The van der Waals surface area contributed by atoms with Crippen LogP contribution in [0.25, 0.3) is 10.4 Å². The van der Waals surface area contributed by atoms with Gasteiger partial charge in [-0.3, -0.25) is 38.8 Å². The Morgan fingerprint density at radius 3 is 1.02 bits per heavy atom. The molecule has 1 aliphatic carbocycles. The highest BCUT2D eigenvalue weighted by Gasteiger charge is 2.54. The number of rotatable bonds is 34. The number of hydrogen-bond acceptors (Lipinski definition) is 32. The first kappa shape index (κ1) is 105. The Kier molecular flexibility index (Phi) is 43.4. The third kappa shape index (κ3) is 28.2. The molecule has 121 heavy (non-hydrogen) atoms. The van der Waals surface area contributed by atoms with Gasteiger partial charge in [0.15, 0.2) is 0 Å². The van der Waals surface area contributed by atoms with Crippen LogP contribution in [0.5, 0.6) is 0 Å². The predicted octanol–water partition coefficient (Wildman–Crippen LogP) is 0.553. The molecule has 34 nitrogen and oxygen atoms in total. The maximum atomic E-state index is 13.4. The van der Waals surface area contributed by atoms with Crippen molar-refractivity contribution in [3.8, 4) is 0 Å². The Balaban J connectivity index is 0.000000223. The van der Waals surface area contributed by atoms with Crippen LogP contribution in [0.15, 0.2) is 29.4 Å². The number of azide groups is 1. The number of thioether (sulfide) groups is 4. The number of carbonyl (C=O) groups excluding carboxylic acids is 4. The van der Waals surface area contributed by atoms with Crippen molar-refractivity contribution < 1.29 is 104 Å². The number of aliphatic hydroxyl groups excluding tert-OH is 12. The van der Waals surface area contributed by atoms with Crippen LogP contribution in [-0.4, -0.2) is 382 Å². The molecule has 0 spiro atoms. The smallest absolute Gasteiger partial charge is 0.237 e. The maximum Gasteiger partial charge on any atom is 0.237 e. The van der Waals surface area contributed by atoms with Crippen LogP contribution in [0.3, 0.4) is 0 Å². The van der Waals surface area contributed by atoms with E-state index in [1.54, 1.807) is 51.0 Å². The fourth-order valence-electron chi connectivity index (χ4n) is 18.5. The molecule has 39 heteroatoms. The second kappa shape index (κ2) is 50.1. The third-order valence-corrected chi connectivity index (χ3v) is 29.0. The minimum absolute atomic E-state index is 0.0670. The highest BCUT2D eigenvalue weighted by Crippen LogP contribution is 2.38. The average Bonchev–Trinajstić information content (AvgIpc) is 1.64. The Morgan fingerprint density at radius 1 is 0.463 bits per heavy atom. The number of likely N-dealkylation sites (tertiary alicyclic amines) is 4. The summed E-state index contributed by atoms with van der Waals surface area (Å²) < 4.78 is 36.9. The van der Waals surface area contributed by atoms with Crippen molar-refractivity contribution in [3.05, 3.63) is 46.1 Å². The van der Waals surface area contributed by atoms with E-state index >= 15 is 0 Å². The zero-order valence-electron chi connectivity index (χ0n) is 73.5. The molecule has 0 aromatic heterocycles. The van der Waals surface area contributed by atoms with Gasteiger partial charge in [-0.05, 0) is 185 Å². The van der Waals surface area contributed by atoms with Crippen LogP contribution in [0.2, 0.25) is 0 Å². The van der Waals surface area contributed by atoms with E-state index in [1.165, 1.54) is 59.2 Å². The normalized spacial score (nSPS) is 37.4. The predicted molar refractivity (Wildman–Crippen MR) is 467 cm³/mol. The number of likely N-dealkylation sites (N-methyl/N-ethyl adjacent to an activating group) is 4. The van der Waals surface area contributed by atoms with E-state index in [-0.39, 0.29) is 65.7 Å². The van der Waals surface area contributed by atoms with Gasteiger partial charge in [0.1, 0.15) is 125 Å². The van der Waals surface area contributed by atoms with E-state index in [4.69, 9.17) is 30.2 Å². The molecule has 8 saturated heterocycles. The van der Waals surface area contributed by atoms with E-state index < -0.39 is 156 Å². The number of benzene rings is 1. The second-order valence-electron chi connectivity index (χ2n) is 35.1. The molecule has 1 saturated carbocycles. The molecule has 0 radical (unpaired) electrons. The van der Waals surface area contributed by atoms with Gasteiger partial charge < -0.3 is 118 Å². The summed E-state index contributed by atoms with van der Waals surface area (Å²) >= 11 is 4.94. The Bertz CT molecular complexity index is 3330. The van der Waals surface area contributed by atoms with Crippen molar-refractivity contribution in [2.24, 2.45) is 34.5 Å². The summed E-state index contributed by atoms with van der Waals surface area (Å²) in [6.07, 6.45) is 1.41. The van der Waals surface area contributed by atoms with Crippen molar-refractivity contribution in [3.63, 3.8) is 0 Å². The molecule has 9 aliphatic rings. The molecule has 8 aliphatic heterocycles. The van der Waals surface area contributed by atoms with Gasteiger partial charge in [-0.1, -0.05) is 77.5 Å². The zero-order valence-corrected chi connectivity index (χ0v) is 76.7. The van der Waals surface area contributed by atoms with Crippen LogP contribution < -0.4 is 37.6 Å². The monoisotopic (exact) mass is 1790 g/mol. The number of aliphatic hydroxyl groups is 12. The Morgan fingerprint density at radius 2 is 0.744 bits per heavy atom. The lowest BCUT2D eigenvalue weighted by Crippen LogP contribution is -2.67. The third-order valence-electron chi connectivity index (χ3n) is 25.6. The highest BCUT2D eigenvalue weighted by atomic mass is 32.2. The van der Waals surface area contributed by atoms with Crippen LogP contribution in [0, 0.1) is 29.5 Å². The van der Waals surface area contributed by atoms with Crippen molar-refractivity contribution in [1.82, 2.24) is 51.5 Å². The lowest BCUT2D eigenvalue weighted by Gasteiger charge is -2.45. The first-order valence-electron chi connectivity index (χ1n) is 43.3. The van der Waals surface area contributed by atoms with E-state index in [1.807, 2.05) is 46.9 Å². The van der Waals surface area contributed by atoms with E-state index in [9.17, 15) is 84.8 Å². The number of nitrogens with one attached hydrogen (secondary N) is 6. The van der Waals surface area contributed by atoms with Gasteiger partial charge in [0.2, 0.25) is 23.6 Å².